The van der Waals surface area contributed by atoms with Crippen molar-refractivity contribution >= 4 is 10.2 Å². The lowest BCUT2D eigenvalue weighted by Crippen LogP contribution is -2.33. The normalized spacial score (nSPS) is 30.4. The molecule has 2 atom stereocenters. The fourth-order valence-electron chi connectivity index (χ4n) is 1.29. The van der Waals surface area contributed by atoms with Crippen LogP contribution in [-0.4, -0.2) is 14.5 Å². The highest BCUT2D eigenvalue weighted by Gasteiger charge is 2.37. The van der Waals surface area contributed by atoms with Crippen molar-refractivity contribution < 1.29 is 8.42 Å². The van der Waals surface area contributed by atoms with Crippen LogP contribution in [0.5, 0.6) is 0 Å². The van der Waals surface area contributed by atoms with Crippen molar-refractivity contribution in [2.24, 2.45) is 11.1 Å². The number of rotatable bonds is 4. The first-order valence-corrected chi connectivity index (χ1v) is 5.37. The maximum absolute atomic E-state index is 10.5. The van der Waals surface area contributed by atoms with Crippen molar-refractivity contribution in [2.45, 2.75) is 32.2 Å². The van der Waals surface area contributed by atoms with Crippen molar-refractivity contribution in [3.05, 3.63) is 0 Å². The molecule has 11 heavy (non-hydrogen) atoms. The minimum absolute atomic E-state index is 0.116. The van der Waals surface area contributed by atoms with Gasteiger partial charge in [0.25, 0.3) is 10.2 Å². The quantitative estimate of drug-likeness (QED) is 0.634. The fraction of sp³-hybridized carbons (Fsp3) is 1.00. The van der Waals surface area contributed by atoms with E-state index in [1.807, 2.05) is 0 Å². The lowest BCUT2D eigenvalue weighted by molar-refractivity contribution is 0.575. The molecule has 66 valence electrons. The molecule has 0 amide bonds. The third-order valence-electron chi connectivity index (χ3n) is 1.90. The summed E-state index contributed by atoms with van der Waals surface area (Å²) in [6.45, 7) is 2.09. The fourth-order valence-corrected chi connectivity index (χ4v) is 2.00. The Bertz CT molecular complexity index is 225. The molecule has 0 aromatic heterocycles. The zero-order valence-electron chi connectivity index (χ0n) is 6.58. The Morgan fingerprint density at radius 2 is 2.27 bits per heavy atom. The average Bonchev–Trinajstić information content (AvgIpc) is 2.44. The van der Waals surface area contributed by atoms with Gasteiger partial charge in [-0.25, -0.2) is 5.14 Å². The highest BCUT2D eigenvalue weighted by molar-refractivity contribution is 7.87. The molecule has 1 saturated carbocycles. The smallest absolute Gasteiger partial charge is 0.216 e. The summed E-state index contributed by atoms with van der Waals surface area (Å²) >= 11 is 0. The van der Waals surface area contributed by atoms with Crippen molar-refractivity contribution in [2.75, 3.05) is 0 Å². The van der Waals surface area contributed by atoms with Crippen molar-refractivity contribution in [1.29, 1.82) is 0 Å². The van der Waals surface area contributed by atoms with Crippen LogP contribution < -0.4 is 9.86 Å². The van der Waals surface area contributed by atoms with Gasteiger partial charge in [-0.05, 0) is 18.8 Å². The standard InChI is InChI=1S/C6H14N2O2S/c1-2-3-5-4-6(5)8-11(7,9)10/h5-6,8H,2-4H2,1H3,(H2,7,9,10). The van der Waals surface area contributed by atoms with Gasteiger partial charge in [0.05, 0.1) is 0 Å². The molecule has 1 rings (SSSR count). The highest BCUT2D eigenvalue weighted by Crippen LogP contribution is 2.34. The summed E-state index contributed by atoms with van der Waals surface area (Å²) in [4.78, 5) is 0. The van der Waals surface area contributed by atoms with Crippen molar-refractivity contribution in [3.63, 3.8) is 0 Å². The Hall–Kier alpha value is -0.130. The van der Waals surface area contributed by atoms with Gasteiger partial charge in [0, 0.05) is 6.04 Å². The average molecular weight is 178 g/mol. The molecule has 0 aromatic rings. The molecule has 0 aromatic carbocycles. The molecule has 0 heterocycles. The predicted octanol–water partition coefficient (Wildman–Crippen LogP) is -0.0319. The third kappa shape index (κ3) is 3.18. The molecule has 3 N–H and O–H groups in total. The second kappa shape index (κ2) is 3.08. The Morgan fingerprint density at radius 3 is 2.73 bits per heavy atom. The monoisotopic (exact) mass is 178 g/mol. The van der Waals surface area contributed by atoms with Gasteiger partial charge in [0.1, 0.15) is 0 Å². The first-order chi connectivity index (χ1) is 5.03. The van der Waals surface area contributed by atoms with Gasteiger partial charge in [0.2, 0.25) is 0 Å². The van der Waals surface area contributed by atoms with Crippen LogP contribution in [0.4, 0.5) is 0 Å². The molecule has 1 fully saturated rings. The van der Waals surface area contributed by atoms with Crippen LogP contribution in [0.3, 0.4) is 0 Å². The summed E-state index contributed by atoms with van der Waals surface area (Å²) in [5.41, 5.74) is 0. The molecular weight excluding hydrogens is 164 g/mol. The van der Waals surface area contributed by atoms with E-state index in [0.29, 0.717) is 5.92 Å². The molecule has 4 nitrogen and oxygen atoms in total. The van der Waals surface area contributed by atoms with Gasteiger partial charge in [-0.2, -0.15) is 13.1 Å². The molecule has 0 aliphatic heterocycles. The highest BCUT2D eigenvalue weighted by atomic mass is 32.2. The number of hydrogen-bond acceptors (Lipinski definition) is 2. The Morgan fingerprint density at radius 1 is 1.64 bits per heavy atom. The molecule has 5 heteroatoms. The second-order valence-corrected chi connectivity index (χ2v) is 4.38. The topological polar surface area (TPSA) is 72.2 Å². The van der Waals surface area contributed by atoms with E-state index in [0.717, 1.165) is 19.3 Å². The molecule has 0 bridgehead atoms. The van der Waals surface area contributed by atoms with E-state index in [1.54, 1.807) is 0 Å². The molecule has 0 radical (unpaired) electrons. The zero-order valence-corrected chi connectivity index (χ0v) is 7.39. The van der Waals surface area contributed by atoms with E-state index in [9.17, 15) is 8.42 Å². The Labute approximate surface area is 67.3 Å². The molecule has 2 unspecified atom stereocenters. The van der Waals surface area contributed by atoms with Crippen molar-refractivity contribution in [1.82, 2.24) is 4.72 Å². The molecule has 1 aliphatic carbocycles. The number of nitrogens with one attached hydrogen (secondary N) is 1. The van der Waals surface area contributed by atoms with Crippen LogP contribution in [0, 0.1) is 5.92 Å². The SMILES string of the molecule is CCCC1CC1NS(N)(=O)=O. The minimum atomic E-state index is -3.46. The molecular formula is C6H14N2O2S. The van der Waals surface area contributed by atoms with Crippen LogP contribution >= 0.6 is 0 Å². The summed E-state index contributed by atoms with van der Waals surface area (Å²) < 4.78 is 23.4. The first kappa shape index (κ1) is 8.96. The summed E-state index contributed by atoms with van der Waals surface area (Å²) in [6.07, 6.45) is 3.14. The van der Waals surface area contributed by atoms with Crippen LogP contribution in [0.2, 0.25) is 0 Å². The minimum Gasteiger partial charge on any atom is -0.216 e. The number of hydrogen-bond donors (Lipinski definition) is 2. The van der Waals surface area contributed by atoms with Gasteiger partial charge in [-0.1, -0.05) is 13.3 Å². The molecule has 0 saturated heterocycles. The second-order valence-electron chi connectivity index (χ2n) is 3.05. The van der Waals surface area contributed by atoms with Gasteiger partial charge in [-0.3, -0.25) is 0 Å². The lowest BCUT2D eigenvalue weighted by Gasteiger charge is -1.98. The summed E-state index contributed by atoms with van der Waals surface area (Å²) in [5, 5.41) is 4.80. The van der Waals surface area contributed by atoms with E-state index in [2.05, 4.69) is 11.6 Å². The van der Waals surface area contributed by atoms with Crippen LogP contribution in [0.25, 0.3) is 0 Å². The molecule has 0 spiro atoms. The summed E-state index contributed by atoms with van der Waals surface area (Å²) in [5.74, 6) is 0.526. The van der Waals surface area contributed by atoms with Crippen molar-refractivity contribution in [3.8, 4) is 0 Å². The maximum atomic E-state index is 10.5. The van der Waals surface area contributed by atoms with E-state index < -0.39 is 10.2 Å². The Balaban J connectivity index is 2.24. The summed E-state index contributed by atoms with van der Waals surface area (Å²) in [7, 11) is -3.46. The van der Waals surface area contributed by atoms with E-state index >= 15 is 0 Å². The number of nitrogens with two attached hydrogens (primary N) is 1. The predicted molar refractivity (Wildman–Crippen MR) is 43.0 cm³/mol. The van der Waals surface area contributed by atoms with Crippen LogP contribution in [0.15, 0.2) is 0 Å². The third-order valence-corrected chi connectivity index (χ3v) is 2.53. The van der Waals surface area contributed by atoms with Crippen LogP contribution in [-0.2, 0) is 10.2 Å². The van der Waals surface area contributed by atoms with E-state index in [1.165, 1.54) is 0 Å². The first-order valence-electron chi connectivity index (χ1n) is 3.83. The van der Waals surface area contributed by atoms with Gasteiger partial charge in [0.15, 0.2) is 0 Å². The zero-order chi connectivity index (χ0) is 8.48. The van der Waals surface area contributed by atoms with Gasteiger partial charge < -0.3 is 0 Å². The van der Waals surface area contributed by atoms with Gasteiger partial charge >= 0.3 is 0 Å². The Kier molecular flexibility index (Phi) is 2.51. The largest absolute Gasteiger partial charge is 0.274 e. The van der Waals surface area contributed by atoms with E-state index in [4.69, 9.17) is 5.14 Å². The molecule has 1 aliphatic rings. The van der Waals surface area contributed by atoms with Crippen LogP contribution in [0.1, 0.15) is 26.2 Å². The van der Waals surface area contributed by atoms with Gasteiger partial charge in [-0.15, -0.1) is 0 Å². The maximum Gasteiger partial charge on any atom is 0.274 e. The lowest BCUT2D eigenvalue weighted by atomic mass is 10.2. The summed E-state index contributed by atoms with van der Waals surface area (Å²) in [6, 6.07) is 0.116. The van der Waals surface area contributed by atoms with E-state index in [-0.39, 0.29) is 6.04 Å².